The summed E-state index contributed by atoms with van der Waals surface area (Å²) in [4.78, 5) is 0. The van der Waals surface area contributed by atoms with Crippen LogP contribution in [0.1, 0.15) is 38.7 Å². The lowest BCUT2D eigenvalue weighted by molar-refractivity contribution is 0.220. The molecule has 0 atom stereocenters. The van der Waals surface area contributed by atoms with Gasteiger partial charge in [-0.25, -0.2) is 0 Å². The van der Waals surface area contributed by atoms with E-state index in [1.165, 1.54) is 0 Å². The van der Waals surface area contributed by atoms with Crippen molar-refractivity contribution in [3.05, 3.63) is 23.8 Å². The summed E-state index contributed by atoms with van der Waals surface area (Å²) in [5, 5.41) is 9.41. The first kappa shape index (κ1) is 19.7. The lowest BCUT2D eigenvalue weighted by Gasteiger charge is -2.17. The largest absolute Gasteiger partial charge is 0.493 e. The maximum atomic E-state index is 9.41. The molecule has 23 heavy (non-hydrogen) atoms. The van der Waals surface area contributed by atoms with Crippen LogP contribution in [0.5, 0.6) is 11.5 Å². The predicted octanol–water partition coefficient (Wildman–Crippen LogP) is 4.04. The molecule has 6 heteroatoms. The quantitative estimate of drug-likeness (QED) is 0.353. The Kier molecular flexibility index (Phi) is 10.4. The molecule has 0 spiro atoms. The molecule has 0 saturated heterocycles. The number of aliphatic hydroxyl groups is 1. The van der Waals surface area contributed by atoms with E-state index in [9.17, 15) is 5.11 Å². The molecule has 1 aromatic carbocycles. The molecule has 0 aliphatic carbocycles. The summed E-state index contributed by atoms with van der Waals surface area (Å²) in [6, 6.07) is 5.29. The average molecular weight is 340 g/mol. The monoisotopic (exact) mass is 340 g/mol. The summed E-state index contributed by atoms with van der Waals surface area (Å²) in [6.45, 7) is 5.25. The van der Waals surface area contributed by atoms with Crippen LogP contribution in [0.25, 0.3) is 0 Å². The van der Waals surface area contributed by atoms with Gasteiger partial charge in [0.2, 0.25) is 0 Å². The molecular formula is C17H25O5P. The van der Waals surface area contributed by atoms with Crippen molar-refractivity contribution < 1.29 is 23.4 Å². The standard InChI is InChI=1S/C17H25O5P/c1-4-7-8-9-12-19-17-13-16(11-10-15(17)14-18)22-23(20-5-2)21-6-3/h1,10-11,13,18H,5-9,12,14H2,2-3H3. The minimum Gasteiger partial charge on any atom is -0.493 e. The number of ether oxygens (including phenoxy) is 1. The van der Waals surface area contributed by atoms with Crippen molar-refractivity contribution in [2.75, 3.05) is 19.8 Å². The molecule has 0 heterocycles. The Morgan fingerprint density at radius 3 is 2.52 bits per heavy atom. The third-order valence-electron chi connectivity index (χ3n) is 2.83. The van der Waals surface area contributed by atoms with E-state index >= 15 is 0 Å². The number of benzene rings is 1. The molecule has 0 aliphatic rings. The summed E-state index contributed by atoms with van der Waals surface area (Å²) in [5.41, 5.74) is 0.714. The van der Waals surface area contributed by atoms with Gasteiger partial charge in [0, 0.05) is 18.1 Å². The number of aliphatic hydroxyl groups excluding tert-OH is 1. The topological polar surface area (TPSA) is 57.2 Å². The molecule has 0 bridgehead atoms. The lowest BCUT2D eigenvalue weighted by atomic mass is 10.2. The van der Waals surface area contributed by atoms with Crippen LogP contribution in [0, 0.1) is 12.3 Å². The van der Waals surface area contributed by atoms with Gasteiger partial charge in [-0.1, -0.05) is 0 Å². The average Bonchev–Trinajstić information content (AvgIpc) is 2.55. The second-order valence-corrected chi connectivity index (χ2v) is 5.73. The maximum Gasteiger partial charge on any atom is 0.397 e. The van der Waals surface area contributed by atoms with Gasteiger partial charge in [0.1, 0.15) is 11.5 Å². The van der Waals surface area contributed by atoms with Crippen LogP contribution in [0.15, 0.2) is 18.2 Å². The molecule has 1 aromatic rings. The summed E-state index contributed by atoms with van der Waals surface area (Å²) in [7, 11) is -1.42. The second-order valence-electron chi connectivity index (χ2n) is 4.59. The Bertz CT molecular complexity index is 480. The van der Waals surface area contributed by atoms with Gasteiger partial charge >= 0.3 is 8.60 Å². The van der Waals surface area contributed by atoms with Crippen LogP contribution < -0.4 is 9.26 Å². The molecule has 128 valence electrons. The first-order valence-electron chi connectivity index (χ1n) is 7.79. The number of hydrogen-bond donors (Lipinski definition) is 1. The number of hydrogen-bond acceptors (Lipinski definition) is 5. The minimum absolute atomic E-state index is 0.0916. The van der Waals surface area contributed by atoms with Gasteiger partial charge in [0.25, 0.3) is 0 Å². The molecule has 0 aliphatic heterocycles. The van der Waals surface area contributed by atoms with Crippen LogP contribution in [0.4, 0.5) is 0 Å². The van der Waals surface area contributed by atoms with Crippen LogP contribution in [-0.2, 0) is 15.7 Å². The van der Waals surface area contributed by atoms with Gasteiger partial charge in [-0.05, 0) is 38.8 Å². The number of terminal acetylenes is 1. The molecule has 0 unspecified atom stereocenters. The van der Waals surface area contributed by atoms with E-state index in [-0.39, 0.29) is 6.61 Å². The molecule has 1 N–H and O–H groups in total. The third kappa shape index (κ3) is 7.67. The highest BCUT2D eigenvalue weighted by atomic mass is 31.2. The van der Waals surface area contributed by atoms with Gasteiger partial charge in [-0.2, -0.15) is 0 Å². The zero-order chi connectivity index (χ0) is 16.9. The van der Waals surface area contributed by atoms with Crippen LogP contribution >= 0.6 is 8.60 Å². The Hall–Kier alpha value is -1.31. The molecule has 5 nitrogen and oxygen atoms in total. The van der Waals surface area contributed by atoms with Crippen molar-refractivity contribution >= 4 is 8.60 Å². The highest BCUT2D eigenvalue weighted by Gasteiger charge is 2.14. The zero-order valence-corrected chi connectivity index (χ0v) is 14.7. The maximum absolute atomic E-state index is 9.41. The van der Waals surface area contributed by atoms with Gasteiger partial charge in [0.05, 0.1) is 26.4 Å². The fraction of sp³-hybridized carbons (Fsp3) is 0.529. The third-order valence-corrected chi connectivity index (χ3v) is 4.13. The van der Waals surface area contributed by atoms with Crippen molar-refractivity contribution in [2.45, 2.75) is 39.7 Å². The Labute approximate surface area is 139 Å². The van der Waals surface area contributed by atoms with Crippen LogP contribution in [0.3, 0.4) is 0 Å². The van der Waals surface area contributed by atoms with E-state index in [4.69, 9.17) is 24.7 Å². The van der Waals surface area contributed by atoms with Crippen LogP contribution in [0.2, 0.25) is 0 Å². The molecular weight excluding hydrogens is 315 g/mol. The normalized spacial score (nSPS) is 10.6. The van der Waals surface area contributed by atoms with Crippen molar-refractivity contribution in [2.24, 2.45) is 0 Å². The van der Waals surface area contributed by atoms with Gasteiger partial charge in [-0.15, -0.1) is 12.3 Å². The molecule has 0 saturated carbocycles. The second kappa shape index (κ2) is 12.2. The molecule has 1 rings (SSSR count). The SMILES string of the molecule is C#CCCCCOc1cc(OP(OCC)OCC)ccc1CO. The lowest BCUT2D eigenvalue weighted by Crippen LogP contribution is -2.02. The highest BCUT2D eigenvalue weighted by Crippen LogP contribution is 2.41. The first-order valence-corrected chi connectivity index (χ1v) is 8.88. The zero-order valence-electron chi connectivity index (χ0n) is 13.8. The van der Waals surface area contributed by atoms with Crippen molar-refractivity contribution in [3.8, 4) is 23.8 Å². The smallest absolute Gasteiger partial charge is 0.397 e. The Morgan fingerprint density at radius 1 is 1.17 bits per heavy atom. The van der Waals surface area contributed by atoms with E-state index in [0.717, 1.165) is 19.3 Å². The van der Waals surface area contributed by atoms with E-state index in [1.54, 1.807) is 18.2 Å². The Morgan fingerprint density at radius 2 is 1.91 bits per heavy atom. The van der Waals surface area contributed by atoms with Crippen LogP contribution in [-0.4, -0.2) is 24.9 Å². The van der Waals surface area contributed by atoms with E-state index in [0.29, 0.717) is 36.9 Å². The molecule has 0 amide bonds. The molecule has 0 radical (unpaired) electrons. The summed E-state index contributed by atoms with van der Waals surface area (Å²) >= 11 is 0. The summed E-state index contributed by atoms with van der Waals surface area (Å²) in [5.74, 6) is 3.80. The number of unbranched alkanes of at least 4 members (excludes halogenated alkanes) is 2. The highest BCUT2D eigenvalue weighted by molar-refractivity contribution is 7.42. The van der Waals surface area contributed by atoms with E-state index in [2.05, 4.69) is 5.92 Å². The molecule has 0 fully saturated rings. The fourth-order valence-corrected chi connectivity index (χ4v) is 2.64. The van der Waals surface area contributed by atoms with Crippen molar-refractivity contribution in [1.82, 2.24) is 0 Å². The first-order chi connectivity index (χ1) is 11.2. The summed E-state index contributed by atoms with van der Waals surface area (Å²) in [6.07, 6.45) is 7.75. The minimum atomic E-state index is -1.42. The van der Waals surface area contributed by atoms with Crippen molar-refractivity contribution in [3.63, 3.8) is 0 Å². The summed E-state index contributed by atoms with van der Waals surface area (Å²) < 4.78 is 22.3. The van der Waals surface area contributed by atoms with Gasteiger partial charge in [0.15, 0.2) is 0 Å². The number of rotatable bonds is 12. The van der Waals surface area contributed by atoms with E-state index in [1.807, 2.05) is 13.8 Å². The fourth-order valence-electron chi connectivity index (χ4n) is 1.75. The van der Waals surface area contributed by atoms with E-state index < -0.39 is 8.60 Å². The van der Waals surface area contributed by atoms with Gasteiger partial charge in [-0.3, -0.25) is 0 Å². The van der Waals surface area contributed by atoms with Gasteiger partial charge < -0.3 is 23.4 Å². The van der Waals surface area contributed by atoms with Crippen molar-refractivity contribution in [1.29, 1.82) is 0 Å². The molecule has 0 aromatic heterocycles. The predicted molar refractivity (Wildman–Crippen MR) is 91.3 cm³/mol. The Balaban J connectivity index is 2.67.